The molecule has 2 heterocycles. The molecule has 0 radical (unpaired) electrons. The maximum atomic E-state index is 13.0. The molecule has 8 nitrogen and oxygen atoms in total. The van der Waals surface area contributed by atoms with Gasteiger partial charge in [-0.3, -0.25) is 9.59 Å². The number of anilines is 2. The van der Waals surface area contributed by atoms with E-state index in [1.54, 1.807) is 36.5 Å². The molecular weight excluding hydrogens is 406 g/mol. The standard InChI is InChI=1S/C24H29N5O3/c1-2-21(30)26-18-11-9-17(10-12-18)23(31)29-15-5-6-19(16-29)27-24-25-14-13-22(28-24)32-20-7-3-4-8-20/h2,9-14,19-20H,1,3-8,15-16H2,(H,26,30)(H,25,27,28)/t19-/m1/s1. The molecule has 0 unspecified atom stereocenters. The third-order valence-corrected chi connectivity index (χ3v) is 5.85. The van der Waals surface area contributed by atoms with Crippen LogP contribution in [-0.2, 0) is 4.79 Å². The molecule has 168 valence electrons. The molecule has 2 fully saturated rings. The summed E-state index contributed by atoms with van der Waals surface area (Å²) < 4.78 is 5.98. The Morgan fingerprint density at radius 3 is 2.62 bits per heavy atom. The zero-order chi connectivity index (χ0) is 22.3. The fourth-order valence-corrected chi connectivity index (χ4v) is 4.19. The summed E-state index contributed by atoms with van der Waals surface area (Å²) in [5.41, 5.74) is 1.21. The van der Waals surface area contributed by atoms with Crippen LogP contribution < -0.4 is 15.4 Å². The van der Waals surface area contributed by atoms with E-state index in [9.17, 15) is 9.59 Å². The van der Waals surface area contributed by atoms with Crippen molar-refractivity contribution in [1.82, 2.24) is 14.9 Å². The lowest BCUT2D eigenvalue weighted by molar-refractivity contribution is -0.111. The molecule has 0 spiro atoms. The van der Waals surface area contributed by atoms with E-state index in [2.05, 4.69) is 27.2 Å². The number of benzene rings is 1. The van der Waals surface area contributed by atoms with Crippen LogP contribution in [0.15, 0.2) is 49.2 Å². The second-order valence-corrected chi connectivity index (χ2v) is 8.25. The molecule has 1 saturated heterocycles. The minimum atomic E-state index is -0.283. The van der Waals surface area contributed by atoms with Crippen LogP contribution in [0.3, 0.4) is 0 Å². The van der Waals surface area contributed by atoms with Crippen LogP contribution in [0.4, 0.5) is 11.6 Å². The minimum Gasteiger partial charge on any atom is -0.474 e. The summed E-state index contributed by atoms with van der Waals surface area (Å²) >= 11 is 0. The van der Waals surface area contributed by atoms with E-state index in [0.717, 1.165) is 25.7 Å². The molecule has 1 aliphatic carbocycles. The lowest BCUT2D eigenvalue weighted by Crippen LogP contribution is -2.45. The van der Waals surface area contributed by atoms with E-state index in [1.807, 2.05) is 4.90 Å². The molecule has 4 rings (SSSR count). The summed E-state index contributed by atoms with van der Waals surface area (Å²) in [5, 5.41) is 6.05. The predicted molar refractivity (Wildman–Crippen MR) is 123 cm³/mol. The fourth-order valence-electron chi connectivity index (χ4n) is 4.19. The summed E-state index contributed by atoms with van der Waals surface area (Å²) in [6, 6.07) is 8.76. The second-order valence-electron chi connectivity index (χ2n) is 8.25. The largest absolute Gasteiger partial charge is 0.474 e. The Bertz CT molecular complexity index is 956. The topological polar surface area (TPSA) is 96.5 Å². The highest BCUT2D eigenvalue weighted by Crippen LogP contribution is 2.24. The first-order valence-corrected chi connectivity index (χ1v) is 11.2. The summed E-state index contributed by atoms with van der Waals surface area (Å²) in [7, 11) is 0. The van der Waals surface area contributed by atoms with Crippen molar-refractivity contribution >= 4 is 23.5 Å². The van der Waals surface area contributed by atoms with Crippen LogP contribution in [0.1, 0.15) is 48.9 Å². The van der Waals surface area contributed by atoms with Gasteiger partial charge < -0.3 is 20.3 Å². The normalized spacial score (nSPS) is 18.8. The van der Waals surface area contributed by atoms with Crippen molar-refractivity contribution in [2.75, 3.05) is 23.7 Å². The SMILES string of the molecule is C=CC(=O)Nc1ccc(C(=O)N2CCC[C@@H](Nc3nccc(OC4CCCC4)n3)C2)cc1. The number of hydrogen-bond acceptors (Lipinski definition) is 6. The van der Waals surface area contributed by atoms with Crippen molar-refractivity contribution in [3.8, 4) is 5.88 Å². The average Bonchev–Trinajstić information content (AvgIpc) is 3.32. The van der Waals surface area contributed by atoms with Gasteiger partial charge in [-0.15, -0.1) is 0 Å². The molecule has 0 bridgehead atoms. The Morgan fingerprint density at radius 2 is 1.88 bits per heavy atom. The van der Waals surface area contributed by atoms with E-state index in [1.165, 1.54) is 18.9 Å². The highest BCUT2D eigenvalue weighted by atomic mass is 16.5. The van der Waals surface area contributed by atoms with Gasteiger partial charge in [0.05, 0.1) is 0 Å². The quantitative estimate of drug-likeness (QED) is 0.645. The van der Waals surface area contributed by atoms with Gasteiger partial charge in [-0.2, -0.15) is 4.98 Å². The molecule has 8 heteroatoms. The van der Waals surface area contributed by atoms with E-state index < -0.39 is 0 Å². The first kappa shape index (κ1) is 21.8. The number of amides is 2. The van der Waals surface area contributed by atoms with Crippen molar-refractivity contribution in [1.29, 1.82) is 0 Å². The minimum absolute atomic E-state index is 0.0302. The number of aromatic nitrogens is 2. The monoisotopic (exact) mass is 435 g/mol. The molecule has 32 heavy (non-hydrogen) atoms. The Hall–Kier alpha value is -3.42. The number of nitrogens with zero attached hydrogens (tertiary/aromatic N) is 3. The number of carbonyl (C=O) groups is 2. The van der Waals surface area contributed by atoms with Crippen LogP contribution in [0.2, 0.25) is 0 Å². The average molecular weight is 436 g/mol. The molecule has 2 amide bonds. The van der Waals surface area contributed by atoms with Crippen molar-refractivity contribution < 1.29 is 14.3 Å². The van der Waals surface area contributed by atoms with Crippen LogP contribution in [0.5, 0.6) is 5.88 Å². The van der Waals surface area contributed by atoms with Crippen molar-refractivity contribution in [3.05, 3.63) is 54.7 Å². The van der Waals surface area contributed by atoms with E-state index in [4.69, 9.17) is 4.74 Å². The Balaban J connectivity index is 1.34. The second kappa shape index (κ2) is 10.3. The predicted octanol–water partition coefficient (Wildman–Crippen LogP) is 3.64. The molecular formula is C24H29N5O3. The van der Waals surface area contributed by atoms with Gasteiger partial charge in [0.25, 0.3) is 5.91 Å². The molecule has 1 atom stereocenters. The zero-order valence-electron chi connectivity index (χ0n) is 18.1. The third-order valence-electron chi connectivity index (χ3n) is 5.85. The van der Waals surface area contributed by atoms with Crippen LogP contribution in [0, 0.1) is 0 Å². The first-order chi connectivity index (χ1) is 15.6. The number of rotatable bonds is 7. The van der Waals surface area contributed by atoms with Gasteiger partial charge in [0, 0.05) is 42.6 Å². The molecule has 2 N–H and O–H groups in total. The van der Waals surface area contributed by atoms with Gasteiger partial charge in [-0.1, -0.05) is 6.58 Å². The number of carbonyl (C=O) groups excluding carboxylic acids is 2. The van der Waals surface area contributed by atoms with Gasteiger partial charge >= 0.3 is 0 Å². The molecule has 1 saturated carbocycles. The highest BCUT2D eigenvalue weighted by molar-refractivity contribution is 5.99. The number of nitrogens with one attached hydrogen (secondary N) is 2. The summed E-state index contributed by atoms with van der Waals surface area (Å²) in [5.74, 6) is 0.815. The van der Waals surface area contributed by atoms with Gasteiger partial charge in [0.1, 0.15) is 6.10 Å². The smallest absolute Gasteiger partial charge is 0.253 e. The van der Waals surface area contributed by atoms with Crippen LogP contribution in [0.25, 0.3) is 0 Å². The van der Waals surface area contributed by atoms with Crippen molar-refractivity contribution in [2.24, 2.45) is 0 Å². The maximum Gasteiger partial charge on any atom is 0.253 e. The van der Waals surface area contributed by atoms with Crippen LogP contribution >= 0.6 is 0 Å². The third kappa shape index (κ3) is 5.63. The first-order valence-electron chi connectivity index (χ1n) is 11.2. The van der Waals surface area contributed by atoms with Gasteiger partial charge in [0.15, 0.2) is 0 Å². The van der Waals surface area contributed by atoms with E-state index in [0.29, 0.717) is 36.2 Å². The van der Waals surface area contributed by atoms with Crippen molar-refractivity contribution in [3.63, 3.8) is 0 Å². The van der Waals surface area contributed by atoms with E-state index >= 15 is 0 Å². The summed E-state index contributed by atoms with van der Waals surface area (Å²) in [6.07, 6.45) is 9.57. The molecule has 1 aliphatic heterocycles. The number of hydrogen-bond donors (Lipinski definition) is 2. The van der Waals surface area contributed by atoms with E-state index in [-0.39, 0.29) is 24.0 Å². The summed E-state index contributed by atoms with van der Waals surface area (Å²) in [4.78, 5) is 35.1. The van der Waals surface area contributed by atoms with Crippen LogP contribution in [-0.4, -0.2) is 51.9 Å². The molecule has 1 aromatic carbocycles. The zero-order valence-corrected chi connectivity index (χ0v) is 18.1. The molecule has 2 aliphatic rings. The lowest BCUT2D eigenvalue weighted by Gasteiger charge is -2.33. The molecule has 2 aromatic rings. The highest BCUT2D eigenvalue weighted by Gasteiger charge is 2.25. The van der Waals surface area contributed by atoms with Gasteiger partial charge in [0.2, 0.25) is 17.7 Å². The number of piperidine rings is 1. The maximum absolute atomic E-state index is 13.0. The fraction of sp³-hybridized carbons (Fsp3) is 0.417. The Morgan fingerprint density at radius 1 is 1.09 bits per heavy atom. The molecule has 1 aromatic heterocycles. The Labute approximate surface area is 188 Å². The summed E-state index contributed by atoms with van der Waals surface area (Å²) in [6.45, 7) is 4.71. The number of ether oxygens (including phenoxy) is 1. The Kier molecular flexibility index (Phi) is 6.99. The van der Waals surface area contributed by atoms with Crippen molar-refractivity contribution in [2.45, 2.75) is 50.7 Å². The number of likely N-dealkylation sites (tertiary alicyclic amines) is 1. The van der Waals surface area contributed by atoms with Gasteiger partial charge in [-0.05, 0) is 68.9 Å². The lowest BCUT2D eigenvalue weighted by atomic mass is 10.0. The van der Waals surface area contributed by atoms with Gasteiger partial charge in [-0.25, -0.2) is 4.98 Å².